The van der Waals surface area contributed by atoms with E-state index < -0.39 is 18.1 Å². The molecule has 40 heavy (non-hydrogen) atoms. The van der Waals surface area contributed by atoms with E-state index in [1.165, 1.54) is 0 Å². The second-order valence-corrected chi connectivity index (χ2v) is 10.1. The molecule has 0 radical (unpaired) electrons. The monoisotopic (exact) mass is 515 g/mol. The Balaban J connectivity index is 1.46. The topological polar surface area (TPSA) is 9.86 Å². The van der Waals surface area contributed by atoms with Crippen molar-refractivity contribution < 1.29 is 9.60 Å². The first-order valence-electron chi connectivity index (χ1n) is 16.7. The fraction of sp³-hybridized carbons (Fsp3) is 0. The molecule has 0 saturated carbocycles. The lowest BCUT2D eigenvalue weighted by molar-refractivity contribution is 1.18. The molecule has 0 fully saturated rings. The van der Waals surface area contributed by atoms with Gasteiger partial charge in [0, 0.05) is 32.9 Å². The molecule has 2 heteroatoms. The van der Waals surface area contributed by atoms with Crippen molar-refractivity contribution in [2.24, 2.45) is 0 Å². The smallest absolute Gasteiger partial charge is 0.0651 e. The van der Waals surface area contributed by atoms with E-state index in [1.54, 1.807) is 0 Å². The third-order valence-electron chi connectivity index (χ3n) is 7.92. The van der Waals surface area contributed by atoms with Crippen LogP contribution < -0.4 is 0 Å². The molecule has 0 unspecified atom stereocenters. The van der Waals surface area contributed by atoms with Gasteiger partial charge in [-0.2, -0.15) is 0 Å². The van der Waals surface area contributed by atoms with E-state index in [0.717, 1.165) is 60.1 Å². The van der Waals surface area contributed by atoms with Crippen molar-refractivity contribution in [1.29, 1.82) is 0 Å². The maximum atomic E-state index is 9.31. The van der Waals surface area contributed by atoms with Gasteiger partial charge in [0.25, 0.3) is 0 Å². The van der Waals surface area contributed by atoms with E-state index in [1.807, 2.05) is 59.2 Å². The molecule has 0 saturated heterocycles. The van der Waals surface area contributed by atoms with Gasteiger partial charge in [0.1, 0.15) is 0 Å². The van der Waals surface area contributed by atoms with Gasteiger partial charge in [-0.25, -0.2) is 0 Å². The lowest BCUT2D eigenvalue weighted by Gasteiger charge is -2.11. The minimum Gasteiger partial charge on any atom is -0.309 e. The van der Waals surface area contributed by atoms with Crippen molar-refractivity contribution in [2.75, 3.05) is 0 Å². The Kier molecular flexibility index (Phi) is 3.22. The molecule has 186 valence electrons. The summed E-state index contributed by atoms with van der Waals surface area (Å²) in [5.74, 6) is 0. The van der Waals surface area contributed by atoms with Crippen LogP contribution in [-0.4, -0.2) is 9.13 Å². The molecule has 0 bridgehead atoms. The quantitative estimate of drug-likeness (QED) is 0.217. The Morgan fingerprint density at radius 1 is 0.425 bits per heavy atom. The standard InChI is InChI=1S/C38H24N2/c1-3-11-27-23-29(19-17-25(27)9-1)39-33-15-7-5-13-31(33)37-35(39)21-22-36-38(37)32-14-6-8-16-34(32)40(36)30-20-18-26-10-2-4-12-28(26)24-30/h1-24H/i1D,3D,9D,11D,17D,19D,23D. The summed E-state index contributed by atoms with van der Waals surface area (Å²) in [7, 11) is 0. The van der Waals surface area contributed by atoms with Crippen LogP contribution in [0.4, 0.5) is 0 Å². The van der Waals surface area contributed by atoms with E-state index in [4.69, 9.17) is 8.22 Å². The lowest BCUT2D eigenvalue weighted by atomic mass is 10.1. The average molecular weight is 516 g/mol. The SMILES string of the molecule is [2H]c1c([2H])c([2H])c2c([2H])c(-n3c4ccccc4c4c5c6ccccc6n(-c6ccc7ccccc7c6)c5ccc43)c([2H])c([2H])c2c1[2H]. The molecule has 0 atom stereocenters. The summed E-state index contributed by atoms with van der Waals surface area (Å²) in [4.78, 5) is 0. The number of rotatable bonds is 2. The summed E-state index contributed by atoms with van der Waals surface area (Å²) >= 11 is 0. The fourth-order valence-corrected chi connectivity index (χ4v) is 6.24. The van der Waals surface area contributed by atoms with Crippen molar-refractivity contribution in [1.82, 2.24) is 9.13 Å². The molecule has 2 aromatic heterocycles. The van der Waals surface area contributed by atoms with Gasteiger partial charge in [0.15, 0.2) is 0 Å². The normalized spacial score (nSPS) is 14.4. The van der Waals surface area contributed by atoms with Gasteiger partial charge in [0.2, 0.25) is 0 Å². The van der Waals surface area contributed by atoms with Gasteiger partial charge in [-0.15, -0.1) is 0 Å². The summed E-state index contributed by atoms with van der Waals surface area (Å²) in [6, 6.07) is 32.3. The van der Waals surface area contributed by atoms with Crippen LogP contribution in [0.5, 0.6) is 0 Å². The zero-order chi connectivity index (χ0) is 32.3. The molecular formula is C38H24N2. The largest absolute Gasteiger partial charge is 0.309 e. The van der Waals surface area contributed by atoms with Gasteiger partial charge in [-0.3, -0.25) is 0 Å². The van der Waals surface area contributed by atoms with Crippen LogP contribution in [0.1, 0.15) is 9.60 Å². The van der Waals surface area contributed by atoms with Crippen molar-refractivity contribution in [3.63, 3.8) is 0 Å². The minimum absolute atomic E-state index is 0.0630. The molecule has 0 N–H and O–H groups in total. The number of para-hydroxylation sites is 2. The Hall–Kier alpha value is -5.34. The first kappa shape index (κ1) is 15.9. The van der Waals surface area contributed by atoms with E-state index >= 15 is 0 Å². The minimum atomic E-state index is -0.482. The molecule has 9 aromatic rings. The van der Waals surface area contributed by atoms with E-state index in [0.29, 0.717) is 0 Å². The highest BCUT2D eigenvalue weighted by atomic mass is 15.0. The number of nitrogens with zero attached hydrogens (tertiary/aromatic N) is 2. The Morgan fingerprint density at radius 2 is 1.02 bits per heavy atom. The van der Waals surface area contributed by atoms with Crippen molar-refractivity contribution in [3.05, 3.63) is 145 Å². The predicted octanol–water partition coefficient (Wildman–Crippen LogP) is 10.2. The Labute approximate surface area is 240 Å². The van der Waals surface area contributed by atoms with Crippen LogP contribution in [0, 0.1) is 0 Å². The van der Waals surface area contributed by atoms with Crippen molar-refractivity contribution >= 4 is 65.2 Å². The average Bonchev–Trinajstić information content (AvgIpc) is 3.61. The van der Waals surface area contributed by atoms with Gasteiger partial charge in [-0.05, 0) is 70.0 Å². The van der Waals surface area contributed by atoms with E-state index in [-0.39, 0.29) is 40.6 Å². The highest BCUT2D eigenvalue weighted by Crippen LogP contribution is 2.42. The second kappa shape index (κ2) is 8.08. The van der Waals surface area contributed by atoms with Crippen LogP contribution >= 0.6 is 0 Å². The first-order valence-corrected chi connectivity index (χ1v) is 13.2. The van der Waals surface area contributed by atoms with Gasteiger partial charge in [-0.1, -0.05) is 96.9 Å². The zero-order valence-corrected chi connectivity index (χ0v) is 21.2. The van der Waals surface area contributed by atoms with Crippen LogP contribution in [0.3, 0.4) is 0 Å². The number of fused-ring (bicyclic) bond motifs is 9. The van der Waals surface area contributed by atoms with Gasteiger partial charge in [0.05, 0.1) is 31.7 Å². The van der Waals surface area contributed by atoms with Crippen LogP contribution in [-0.2, 0) is 0 Å². The molecule has 9 rings (SSSR count). The summed E-state index contributed by atoms with van der Waals surface area (Å²) in [5.41, 5.74) is 4.65. The summed E-state index contributed by atoms with van der Waals surface area (Å²) in [5, 5.41) is 6.05. The van der Waals surface area contributed by atoms with Gasteiger partial charge < -0.3 is 9.13 Å². The molecule has 2 nitrogen and oxygen atoms in total. The van der Waals surface area contributed by atoms with Crippen LogP contribution in [0.25, 0.3) is 76.5 Å². The van der Waals surface area contributed by atoms with Crippen molar-refractivity contribution in [3.8, 4) is 11.4 Å². The maximum absolute atomic E-state index is 9.31. The molecule has 0 aliphatic carbocycles. The molecule has 0 aliphatic rings. The molecule has 7 aromatic carbocycles. The summed E-state index contributed by atoms with van der Waals surface area (Å²) < 4.78 is 65.0. The number of hydrogen-bond acceptors (Lipinski definition) is 0. The zero-order valence-electron chi connectivity index (χ0n) is 28.2. The third kappa shape index (κ3) is 2.93. The number of hydrogen-bond donors (Lipinski definition) is 0. The molecule has 0 spiro atoms. The van der Waals surface area contributed by atoms with E-state index in [2.05, 4.69) is 53.1 Å². The Bertz CT molecular complexity index is 2830. The molecule has 0 aliphatic heterocycles. The second-order valence-electron chi connectivity index (χ2n) is 10.1. The fourth-order valence-electron chi connectivity index (χ4n) is 6.24. The lowest BCUT2D eigenvalue weighted by Crippen LogP contribution is -1.95. The third-order valence-corrected chi connectivity index (χ3v) is 7.92. The highest BCUT2D eigenvalue weighted by Gasteiger charge is 2.20. The van der Waals surface area contributed by atoms with Crippen LogP contribution in [0.15, 0.2) is 145 Å². The van der Waals surface area contributed by atoms with Gasteiger partial charge >= 0.3 is 0 Å². The predicted molar refractivity (Wildman–Crippen MR) is 170 cm³/mol. The summed E-state index contributed by atoms with van der Waals surface area (Å²) in [6.45, 7) is 0. The first-order chi connectivity index (χ1) is 22.8. The number of benzene rings is 7. The molecule has 2 heterocycles. The van der Waals surface area contributed by atoms with E-state index in [9.17, 15) is 1.37 Å². The number of aromatic nitrogens is 2. The summed E-state index contributed by atoms with van der Waals surface area (Å²) in [6.07, 6.45) is 0. The molecule has 0 amide bonds. The Morgan fingerprint density at radius 3 is 1.75 bits per heavy atom. The molecular weight excluding hydrogens is 484 g/mol. The maximum Gasteiger partial charge on any atom is 0.0651 e. The van der Waals surface area contributed by atoms with Crippen LogP contribution in [0.2, 0.25) is 0 Å². The van der Waals surface area contributed by atoms with Crippen molar-refractivity contribution in [2.45, 2.75) is 0 Å². The highest BCUT2D eigenvalue weighted by molar-refractivity contribution is 6.29.